The van der Waals surface area contributed by atoms with Crippen molar-refractivity contribution in [1.82, 2.24) is 0 Å². The fraction of sp³-hybridized carbons (Fsp3) is 0.385. The third-order valence-electron chi connectivity index (χ3n) is 6.51. The first-order chi connectivity index (χ1) is 19.9. The van der Waals surface area contributed by atoms with Gasteiger partial charge in [-0.25, -0.2) is 0 Å². The van der Waals surface area contributed by atoms with Crippen LogP contribution < -0.4 is 14.9 Å². The molecule has 9 atom stereocenters. The lowest BCUT2D eigenvalue weighted by Gasteiger charge is -2.39. The van der Waals surface area contributed by atoms with Crippen LogP contribution in [0.15, 0.2) is 45.6 Å². The van der Waals surface area contributed by atoms with Gasteiger partial charge in [-0.2, -0.15) is 0 Å². The van der Waals surface area contributed by atoms with Crippen LogP contribution in [0.5, 0.6) is 23.0 Å². The normalized spacial score (nSPS) is 25.4. The number of rotatable bonds is 10. The molecular formula is C26H28O16. The highest BCUT2D eigenvalue weighted by Crippen LogP contribution is 2.37. The van der Waals surface area contributed by atoms with Gasteiger partial charge in [0.25, 0.3) is 0 Å². The van der Waals surface area contributed by atoms with Gasteiger partial charge >= 0.3 is 0 Å². The summed E-state index contributed by atoms with van der Waals surface area (Å²) in [5.41, 5.74) is -1.37. The van der Waals surface area contributed by atoms with Crippen molar-refractivity contribution in [3.63, 3.8) is 0 Å². The van der Waals surface area contributed by atoms with Crippen LogP contribution in [0.4, 0.5) is 0 Å². The van der Waals surface area contributed by atoms with E-state index in [1.807, 2.05) is 0 Å². The highest BCUT2D eigenvalue weighted by Gasteiger charge is 2.45. The van der Waals surface area contributed by atoms with Gasteiger partial charge in [0, 0.05) is 17.7 Å². The molecule has 4 rings (SSSR count). The van der Waals surface area contributed by atoms with E-state index >= 15 is 0 Å². The van der Waals surface area contributed by atoms with Crippen molar-refractivity contribution in [2.45, 2.75) is 55.3 Å². The van der Waals surface area contributed by atoms with Crippen molar-refractivity contribution in [1.29, 1.82) is 0 Å². The van der Waals surface area contributed by atoms with Crippen molar-refractivity contribution in [2.24, 2.45) is 0 Å². The number of hydrogen-bond donors (Lipinski definition) is 10. The second-order valence-corrected chi connectivity index (χ2v) is 9.38. The van der Waals surface area contributed by atoms with Gasteiger partial charge in [-0.3, -0.25) is 4.79 Å². The number of aldehydes is 1. The third kappa shape index (κ3) is 6.02. The molecule has 1 saturated heterocycles. The zero-order chi connectivity index (χ0) is 30.9. The molecule has 1 fully saturated rings. The highest BCUT2D eigenvalue weighted by atomic mass is 16.7. The number of phenolic OH excluding ortho intramolecular Hbond substituents is 2. The average Bonchev–Trinajstić information content (AvgIpc) is 2.97. The SMILES string of the molecule is O=C[C@H](O)[C@H](O)[C@@H](O)[C@@H](O)Oc1c(-c2ccc(O)cc2)oc2cc(O[C@@H]3O[C@H](CO)[C@@H](O)[C@H](O)[C@H]3O)cc(O)c2c1=O. The van der Waals surface area contributed by atoms with Gasteiger partial charge in [0.15, 0.2) is 12.0 Å². The molecule has 42 heavy (non-hydrogen) atoms. The van der Waals surface area contributed by atoms with Crippen LogP contribution >= 0.6 is 0 Å². The summed E-state index contributed by atoms with van der Waals surface area (Å²) in [5, 5.41) is 99.3. The number of ether oxygens (including phenoxy) is 3. The molecule has 0 saturated carbocycles. The van der Waals surface area contributed by atoms with Gasteiger partial charge in [-0.1, -0.05) is 0 Å². The molecule has 2 heterocycles. The Bertz CT molecular complexity index is 1450. The zero-order valence-corrected chi connectivity index (χ0v) is 21.4. The molecule has 0 spiro atoms. The fourth-order valence-corrected chi connectivity index (χ4v) is 4.18. The first kappa shape index (κ1) is 31.1. The van der Waals surface area contributed by atoms with Crippen molar-refractivity contribution >= 4 is 17.3 Å². The predicted octanol–water partition coefficient (Wildman–Crippen LogP) is -2.97. The Hall–Kier alpha value is -3.84. The van der Waals surface area contributed by atoms with E-state index in [2.05, 4.69) is 0 Å². The Morgan fingerprint density at radius 1 is 0.929 bits per heavy atom. The van der Waals surface area contributed by atoms with E-state index in [9.17, 15) is 60.7 Å². The quantitative estimate of drug-likeness (QED) is 0.0826. The number of fused-ring (bicyclic) bond motifs is 1. The summed E-state index contributed by atoms with van der Waals surface area (Å²) in [6.45, 7) is -0.729. The number of hydrogen-bond acceptors (Lipinski definition) is 16. The number of aliphatic hydroxyl groups excluding tert-OH is 8. The second-order valence-electron chi connectivity index (χ2n) is 9.38. The number of aliphatic hydroxyl groups is 8. The molecule has 0 unspecified atom stereocenters. The molecule has 1 aliphatic rings. The highest BCUT2D eigenvalue weighted by molar-refractivity contribution is 5.88. The van der Waals surface area contributed by atoms with Crippen molar-refractivity contribution in [2.75, 3.05) is 6.61 Å². The molecule has 3 aromatic rings. The van der Waals surface area contributed by atoms with Crippen LogP contribution in [-0.2, 0) is 9.53 Å². The predicted molar refractivity (Wildman–Crippen MR) is 136 cm³/mol. The monoisotopic (exact) mass is 596 g/mol. The molecule has 1 aromatic heterocycles. The summed E-state index contributed by atoms with van der Waals surface area (Å²) in [7, 11) is 0. The summed E-state index contributed by atoms with van der Waals surface area (Å²) in [5.74, 6) is -2.40. The van der Waals surface area contributed by atoms with E-state index in [1.165, 1.54) is 24.3 Å². The Labute approximate surface area is 235 Å². The lowest BCUT2D eigenvalue weighted by Crippen LogP contribution is -2.60. The summed E-state index contributed by atoms with van der Waals surface area (Å²) in [6, 6.07) is 6.99. The van der Waals surface area contributed by atoms with Gasteiger partial charge in [0.05, 0.1) is 6.61 Å². The maximum Gasteiger partial charge on any atom is 0.239 e. The number of aromatic hydroxyl groups is 2. The molecule has 16 heteroatoms. The first-order valence-electron chi connectivity index (χ1n) is 12.3. The van der Waals surface area contributed by atoms with Crippen molar-refractivity contribution in [3.8, 4) is 34.3 Å². The summed E-state index contributed by atoms with van der Waals surface area (Å²) in [4.78, 5) is 24.2. The minimum atomic E-state index is -2.40. The zero-order valence-electron chi connectivity index (χ0n) is 21.4. The largest absolute Gasteiger partial charge is 0.508 e. The van der Waals surface area contributed by atoms with Crippen LogP contribution in [0.2, 0.25) is 0 Å². The van der Waals surface area contributed by atoms with Crippen LogP contribution in [0.25, 0.3) is 22.3 Å². The Kier molecular flexibility index (Phi) is 9.31. The number of carbonyl (C=O) groups excluding carboxylic acids is 1. The lowest BCUT2D eigenvalue weighted by atomic mass is 9.99. The Morgan fingerprint density at radius 2 is 1.60 bits per heavy atom. The molecule has 0 bridgehead atoms. The van der Waals surface area contributed by atoms with Crippen LogP contribution in [0.3, 0.4) is 0 Å². The molecule has 2 aromatic carbocycles. The lowest BCUT2D eigenvalue weighted by molar-refractivity contribution is -0.277. The maximum absolute atomic E-state index is 13.5. The molecule has 10 N–H and O–H groups in total. The van der Waals surface area contributed by atoms with E-state index < -0.39 is 90.0 Å². The van der Waals surface area contributed by atoms with Gasteiger partial charge in [-0.05, 0) is 24.3 Å². The summed E-state index contributed by atoms with van der Waals surface area (Å²) < 4.78 is 21.8. The minimum Gasteiger partial charge on any atom is -0.508 e. The Morgan fingerprint density at radius 3 is 2.21 bits per heavy atom. The van der Waals surface area contributed by atoms with E-state index in [0.717, 1.165) is 12.1 Å². The molecule has 0 amide bonds. The van der Waals surface area contributed by atoms with Crippen LogP contribution in [-0.4, -0.2) is 119 Å². The van der Waals surface area contributed by atoms with Gasteiger partial charge < -0.3 is 74.5 Å². The molecule has 1 aliphatic heterocycles. The van der Waals surface area contributed by atoms with Gasteiger partial charge in [-0.15, -0.1) is 0 Å². The standard InChI is InChI=1S/C26H28O16/c27-7-13(31)17(32)21(36)25(38)42-24-19(34)16-12(30)5-11(39-26-22(37)20(35)18(33)15(8-28)41-26)6-14(16)40-23(24)9-1-3-10(29)4-2-9/h1-7,13,15,17-18,20-22,25-26,28-33,35-38H,8H2/t13-,15+,17-,18+,20-,21+,22+,25-,26+/m0/s1. The van der Waals surface area contributed by atoms with Crippen molar-refractivity contribution < 1.29 is 74.5 Å². The molecule has 228 valence electrons. The number of phenols is 2. The van der Waals surface area contributed by atoms with Crippen molar-refractivity contribution in [3.05, 3.63) is 46.6 Å². The second kappa shape index (κ2) is 12.6. The average molecular weight is 596 g/mol. The number of benzene rings is 2. The Balaban J connectivity index is 1.78. The fourth-order valence-electron chi connectivity index (χ4n) is 4.18. The maximum atomic E-state index is 13.5. The molecule has 0 radical (unpaired) electrons. The summed E-state index contributed by atoms with van der Waals surface area (Å²) >= 11 is 0. The van der Waals surface area contributed by atoms with E-state index in [4.69, 9.17) is 18.6 Å². The topological polar surface area (TPSA) is 277 Å². The molecular weight excluding hydrogens is 568 g/mol. The van der Waals surface area contributed by atoms with Crippen LogP contribution in [0, 0.1) is 0 Å². The first-order valence-corrected chi connectivity index (χ1v) is 12.3. The number of carbonyl (C=O) groups is 1. The van der Waals surface area contributed by atoms with Crippen LogP contribution in [0.1, 0.15) is 0 Å². The van der Waals surface area contributed by atoms with E-state index in [0.29, 0.717) is 0 Å². The van der Waals surface area contributed by atoms with E-state index in [1.54, 1.807) is 0 Å². The van der Waals surface area contributed by atoms with Gasteiger partial charge in [0.2, 0.25) is 23.8 Å². The van der Waals surface area contributed by atoms with Gasteiger partial charge in [0.1, 0.15) is 70.9 Å². The molecule has 0 aliphatic carbocycles. The third-order valence-corrected chi connectivity index (χ3v) is 6.51. The minimum absolute atomic E-state index is 0.0803. The molecule has 16 nitrogen and oxygen atoms in total. The smallest absolute Gasteiger partial charge is 0.239 e. The summed E-state index contributed by atoms with van der Waals surface area (Å²) in [6.07, 6.45) is -17.3. The van der Waals surface area contributed by atoms with E-state index in [-0.39, 0.29) is 28.9 Å².